The molecule has 0 saturated carbocycles. The van der Waals surface area contributed by atoms with E-state index in [0.29, 0.717) is 30.0 Å². The molecular formula is C20H20F3N7O. The third-order valence-electron chi connectivity index (χ3n) is 5.22. The van der Waals surface area contributed by atoms with Crippen LogP contribution in [-0.4, -0.2) is 57.4 Å². The summed E-state index contributed by atoms with van der Waals surface area (Å²) in [6.45, 7) is 3.42. The van der Waals surface area contributed by atoms with Gasteiger partial charge >= 0.3 is 6.18 Å². The fourth-order valence-corrected chi connectivity index (χ4v) is 3.33. The minimum Gasteiger partial charge on any atom is -0.363 e. The van der Waals surface area contributed by atoms with Crippen LogP contribution in [0.15, 0.2) is 36.9 Å². The van der Waals surface area contributed by atoms with E-state index in [1.807, 2.05) is 23.1 Å². The topological polar surface area (TPSA) is 87.1 Å². The first-order valence-electron chi connectivity index (χ1n) is 9.62. The van der Waals surface area contributed by atoms with E-state index in [2.05, 4.69) is 25.3 Å². The van der Waals surface area contributed by atoms with Gasteiger partial charge in [-0.2, -0.15) is 13.2 Å². The van der Waals surface area contributed by atoms with Gasteiger partial charge in [0.1, 0.15) is 12.1 Å². The molecule has 1 N–H and O–H groups in total. The summed E-state index contributed by atoms with van der Waals surface area (Å²) < 4.78 is 38.1. The van der Waals surface area contributed by atoms with Gasteiger partial charge in [-0.1, -0.05) is 0 Å². The molecule has 1 aliphatic rings. The Balaban J connectivity index is 1.59. The second-order valence-electron chi connectivity index (χ2n) is 7.36. The molecule has 0 radical (unpaired) electrons. The molecule has 2 aromatic heterocycles. The van der Waals surface area contributed by atoms with Crippen LogP contribution < -0.4 is 10.2 Å². The minimum atomic E-state index is -4.58. The van der Waals surface area contributed by atoms with Crippen molar-refractivity contribution in [1.29, 1.82) is 0 Å². The van der Waals surface area contributed by atoms with Crippen LogP contribution in [0.2, 0.25) is 0 Å². The highest BCUT2D eigenvalue weighted by Crippen LogP contribution is 2.29. The number of alkyl halides is 3. The highest BCUT2D eigenvalue weighted by Gasteiger charge is 2.34. The summed E-state index contributed by atoms with van der Waals surface area (Å²) in [5, 5.41) is 3.94. The highest BCUT2D eigenvalue weighted by molar-refractivity contribution is 5.92. The SMILES string of the molecule is C[C@@H](Nc1ncnc2ccc(N3CCN(C)C(=O)C3)cc12)c1cnc(C(F)(F)F)nc1. The molecule has 0 spiro atoms. The van der Waals surface area contributed by atoms with E-state index in [4.69, 9.17) is 0 Å². The maximum Gasteiger partial charge on any atom is 0.451 e. The van der Waals surface area contributed by atoms with E-state index in [1.54, 1.807) is 18.9 Å². The number of hydrogen-bond donors (Lipinski definition) is 1. The van der Waals surface area contributed by atoms with Crippen LogP contribution in [0.5, 0.6) is 0 Å². The summed E-state index contributed by atoms with van der Waals surface area (Å²) in [6, 6.07) is 5.28. The highest BCUT2D eigenvalue weighted by atomic mass is 19.4. The number of hydrogen-bond acceptors (Lipinski definition) is 7. The third-order valence-corrected chi connectivity index (χ3v) is 5.22. The number of benzene rings is 1. The Morgan fingerprint density at radius 1 is 1.10 bits per heavy atom. The van der Waals surface area contributed by atoms with Crippen LogP contribution in [0.25, 0.3) is 10.9 Å². The summed E-state index contributed by atoms with van der Waals surface area (Å²) in [4.78, 5) is 31.2. The molecule has 11 heteroatoms. The monoisotopic (exact) mass is 431 g/mol. The number of nitrogens with one attached hydrogen (secondary N) is 1. The molecule has 1 fully saturated rings. The van der Waals surface area contributed by atoms with Gasteiger partial charge in [0.15, 0.2) is 0 Å². The average molecular weight is 431 g/mol. The number of carbonyl (C=O) groups excluding carboxylic acids is 1. The minimum absolute atomic E-state index is 0.0462. The van der Waals surface area contributed by atoms with Crippen molar-refractivity contribution in [2.75, 3.05) is 36.9 Å². The quantitative estimate of drug-likeness (QED) is 0.680. The van der Waals surface area contributed by atoms with Crippen molar-refractivity contribution in [2.24, 2.45) is 0 Å². The maximum atomic E-state index is 12.7. The Morgan fingerprint density at radius 2 is 1.84 bits per heavy atom. The molecule has 0 unspecified atom stereocenters. The Kier molecular flexibility index (Phi) is 5.34. The van der Waals surface area contributed by atoms with Crippen molar-refractivity contribution in [3.63, 3.8) is 0 Å². The molecule has 0 bridgehead atoms. The number of likely N-dealkylation sites (N-methyl/N-ethyl adjacent to an activating group) is 1. The van der Waals surface area contributed by atoms with Crippen molar-refractivity contribution in [3.8, 4) is 0 Å². The molecule has 1 atom stereocenters. The predicted molar refractivity (Wildman–Crippen MR) is 108 cm³/mol. The van der Waals surface area contributed by atoms with Gasteiger partial charge in [0.05, 0.1) is 18.1 Å². The molecule has 8 nitrogen and oxygen atoms in total. The number of anilines is 2. The number of fused-ring (bicyclic) bond motifs is 1. The molecule has 3 aromatic rings. The van der Waals surface area contributed by atoms with Crippen LogP contribution in [0, 0.1) is 0 Å². The lowest BCUT2D eigenvalue weighted by atomic mass is 10.1. The second kappa shape index (κ2) is 7.97. The van der Waals surface area contributed by atoms with Crippen LogP contribution in [0.1, 0.15) is 24.4 Å². The molecule has 1 aliphatic heterocycles. The number of amides is 1. The van der Waals surface area contributed by atoms with Gasteiger partial charge in [0.2, 0.25) is 11.7 Å². The smallest absolute Gasteiger partial charge is 0.363 e. The number of aromatic nitrogens is 4. The lowest BCUT2D eigenvalue weighted by molar-refractivity contribution is -0.145. The van der Waals surface area contributed by atoms with Crippen molar-refractivity contribution >= 4 is 28.3 Å². The molecule has 3 heterocycles. The molecule has 162 valence electrons. The zero-order valence-corrected chi connectivity index (χ0v) is 16.9. The molecule has 1 saturated heterocycles. The normalized spacial score (nSPS) is 16.0. The lowest BCUT2D eigenvalue weighted by Gasteiger charge is -2.33. The summed E-state index contributed by atoms with van der Waals surface area (Å²) in [5.41, 5.74) is 2.07. The van der Waals surface area contributed by atoms with E-state index < -0.39 is 18.0 Å². The molecule has 4 rings (SSSR count). The van der Waals surface area contributed by atoms with Gasteiger partial charge in [-0.25, -0.2) is 19.9 Å². The summed E-state index contributed by atoms with van der Waals surface area (Å²) >= 11 is 0. The van der Waals surface area contributed by atoms with Gasteiger partial charge in [-0.05, 0) is 25.1 Å². The summed E-state index contributed by atoms with van der Waals surface area (Å²) in [7, 11) is 1.78. The van der Waals surface area contributed by atoms with Crippen LogP contribution >= 0.6 is 0 Å². The number of halogens is 3. The Labute approximate surface area is 176 Å². The zero-order chi connectivity index (χ0) is 22.2. The number of piperazine rings is 1. The Bertz CT molecular complexity index is 1100. The molecule has 1 aromatic carbocycles. The van der Waals surface area contributed by atoms with Crippen molar-refractivity contribution in [3.05, 3.63) is 48.3 Å². The standard InChI is InChI=1S/C20H20F3N7O/c1-12(13-8-24-19(25-9-13)20(21,22)23)28-18-15-7-14(3-4-16(15)26-11-27-18)30-6-5-29(2)17(31)10-30/h3-4,7-9,11-12H,5-6,10H2,1-2H3,(H,26,27,28)/t12-/m1/s1. The Hall–Kier alpha value is -3.50. The van der Waals surface area contributed by atoms with Gasteiger partial charge in [-0.15, -0.1) is 0 Å². The number of carbonyl (C=O) groups is 1. The summed E-state index contributed by atoms with van der Waals surface area (Å²) in [6.07, 6.45) is -0.866. The average Bonchev–Trinajstić information content (AvgIpc) is 2.75. The predicted octanol–water partition coefficient (Wildman–Crippen LogP) is 2.89. The van der Waals surface area contributed by atoms with Gasteiger partial charge in [0, 0.05) is 49.2 Å². The number of rotatable bonds is 4. The molecule has 0 aliphatic carbocycles. The molecule has 1 amide bonds. The van der Waals surface area contributed by atoms with Crippen LogP contribution in [-0.2, 0) is 11.0 Å². The summed E-state index contributed by atoms with van der Waals surface area (Å²) in [5.74, 6) is -0.605. The van der Waals surface area contributed by atoms with E-state index >= 15 is 0 Å². The maximum absolute atomic E-state index is 12.7. The van der Waals surface area contributed by atoms with E-state index in [0.717, 1.165) is 23.5 Å². The van der Waals surface area contributed by atoms with Gasteiger partial charge < -0.3 is 15.1 Å². The van der Waals surface area contributed by atoms with Crippen molar-refractivity contribution < 1.29 is 18.0 Å². The fourth-order valence-electron chi connectivity index (χ4n) is 3.33. The Morgan fingerprint density at radius 3 is 2.52 bits per heavy atom. The largest absolute Gasteiger partial charge is 0.451 e. The molecule has 31 heavy (non-hydrogen) atoms. The first kappa shape index (κ1) is 20.8. The van der Waals surface area contributed by atoms with E-state index in [1.165, 1.54) is 6.33 Å². The first-order valence-corrected chi connectivity index (χ1v) is 9.62. The van der Waals surface area contributed by atoms with Crippen LogP contribution in [0.4, 0.5) is 24.7 Å². The second-order valence-corrected chi connectivity index (χ2v) is 7.36. The zero-order valence-electron chi connectivity index (χ0n) is 16.9. The van der Waals surface area contributed by atoms with Gasteiger partial charge in [0.25, 0.3) is 0 Å². The third kappa shape index (κ3) is 4.35. The van der Waals surface area contributed by atoms with E-state index in [-0.39, 0.29) is 12.5 Å². The lowest BCUT2D eigenvalue weighted by Crippen LogP contribution is -2.48. The molecular weight excluding hydrogens is 411 g/mol. The first-order chi connectivity index (χ1) is 14.7. The van der Waals surface area contributed by atoms with Crippen molar-refractivity contribution in [2.45, 2.75) is 19.1 Å². The van der Waals surface area contributed by atoms with E-state index in [9.17, 15) is 18.0 Å². The van der Waals surface area contributed by atoms with Gasteiger partial charge in [-0.3, -0.25) is 4.79 Å². The number of nitrogens with zero attached hydrogens (tertiary/aromatic N) is 6. The fraction of sp³-hybridized carbons (Fsp3) is 0.350. The van der Waals surface area contributed by atoms with Crippen LogP contribution in [0.3, 0.4) is 0 Å². The van der Waals surface area contributed by atoms with Crippen molar-refractivity contribution in [1.82, 2.24) is 24.8 Å².